The smallest absolute Gasteiger partial charge is 0.0761 e. The number of aromatic nitrogens is 1. The van der Waals surface area contributed by atoms with Crippen molar-refractivity contribution in [3.63, 3.8) is 0 Å². The molecule has 0 bridgehead atoms. The second-order valence-corrected chi connectivity index (χ2v) is 5.13. The van der Waals surface area contributed by atoms with E-state index in [9.17, 15) is 0 Å². The molecule has 3 nitrogen and oxygen atoms in total. The topological polar surface area (TPSA) is 42.1 Å². The molecule has 0 aliphatic heterocycles. The summed E-state index contributed by atoms with van der Waals surface area (Å²) in [6, 6.07) is 8.46. The van der Waals surface area contributed by atoms with Crippen molar-refractivity contribution < 1.29 is 0 Å². The molecule has 2 rings (SSSR count). The third-order valence-corrected chi connectivity index (χ3v) is 3.21. The zero-order valence-electron chi connectivity index (χ0n) is 11.6. The highest BCUT2D eigenvalue weighted by Gasteiger charge is 2.11. The van der Waals surface area contributed by atoms with E-state index in [1.54, 1.807) is 0 Å². The van der Waals surface area contributed by atoms with Crippen molar-refractivity contribution in [2.75, 3.05) is 19.0 Å². The molecule has 1 aromatic heterocycles. The molecule has 18 heavy (non-hydrogen) atoms. The van der Waals surface area contributed by atoms with Gasteiger partial charge >= 0.3 is 0 Å². The van der Waals surface area contributed by atoms with Gasteiger partial charge in [0.25, 0.3) is 0 Å². The van der Waals surface area contributed by atoms with Crippen molar-refractivity contribution >= 4 is 16.6 Å². The van der Waals surface area contributed by atoms with E-state index < -0.39 is 0 Å². The van der Waals surface area contributed by atoms with Crippen molar-refractivity contribution in [1.29, 1.82) is 0 Å². The van der Waals surface area contributed by atoms with Crippen LogP contribution in [0, 0.1) is 0 Å². The van der Waals surface area contributed by atoms with Gasteiger partial charge in [0, 0.05) is 31.7 Å². The first kappa shape index (κ1) is 12.8. The van der Waals surface area contributed by atoms with E-state index in [4.69, 9.17) is 10.7 Å². The zero-order valence-corrected chi connectivity index (χ0v) is 11.6. The van der Waals surface area contributed by atoms with Crippen LogP contribution in [0.3, 0.4) is 0 Å². The van der Waals surface area contributed by atoms with Gasteiger partial charge in [0.05, 0.1) is 11.2 Å². The maximum Gasteiger partial charge on any atom is 0.0761 e. The maximum absolute atomic E-state index is 5.76. The van der Waals surface area contributed by atoms with Crippen molar-refractivity contribution in [3.8, 4) is 0 Å². The lowest BCUT2D eigenvalue weighted by molar-refractivity contribution is 0.869. The molecule has 0 spiro atoms. The second-order valence-electron chi connectivity index (χ2n) is 5.13. The van der Waals surface area contributed by atoms with E-state index >= 15 is 0 Å². The van der Waals surface area contributed by atoms with E-state index in [2.05, 4.69) is 57.1 Å². The van der Waals surface area contributed by atoms with Gasteiger partial charge in [0.2, 0.25) is 0 Å². The third-order valence-electron chi connectivity index (χ3n) is 3.21. The van der Waals surface area contributed by atoms with Crippen LogP contribution in [0.4, 0.5) is 5.69 Å². The Labute approximate surface area is 109 Å². The molecule has 0 aliphatic rings. The number of hydrogen-bond donors (Lipinski definition) is 1. The fourth-order valence-corrected chi connectivity index (χ4v) is 2.24. The Morgan fingerprint density at radius 2 is 2.00 bits per heavy atom. The van der Waals surface area contributed by atoms with Crippen LogP contribution in [0.1, 0.15) is 31.0 Å². The minimum absolute atomic E-state index is 0.462. The minimum atomic E-state index is 0.462. The average Bonchev–Trinajstić information content (AvgIpc) is 2.36. The molecule has 1 heterocycles. The Kier molecular flexibility index (Phi) is 3.53. The van der Waals surface area contributed by atoms with Gasteiger partial charge in [-0.2, -0.15) is 0 Å². The molecule has 0 saturated heterocycles. The average molecular weight is 243 g/mol. The van der Waals surface area contributed by atoms with E-state index in [1.807, 2.05) is 0 Å². The summed E-state index contributed by atoms with van der Waals surface area (Å²) in [7, 11) is 4.11. The molecule has 0 amide bonds. The lowest BCUT2D eigenvalue weighted by Gasteiger charge is -2.18. The lowest BCUT2D eigenvalue weighted by atomic mass is 9.98. The van der Waals surface area contributed by atoms with Crippen LogP contribution in [-0.2, 0) is 6.54 Å². The summed E-state index contributed by atoms with van der Waals surface area (Å²) in [6.07, 6.45) is 0. The standard InChI is InChI=1S/C15H21N3/c1-10(2)12-6-5-7-13-14(18(3)4)8-11(9-16)17-15(12)13/h5-8,10H,9,16H2,1-4H3. The molecule has 2 aromatic rings. The van der Waals surface area contributed by atoms with Crippen molar-refractivity contribution in [2.24, 2.45) is 5.73 Å². The highest BCUT2D eigenvalue weighted by atomic mass is 15.1. The fraction of sp³-hybridized carbons (Fsp3) is 0.400. The van der Waals surface area contributed by atoms with Crippen LogP contribution >= 0.6 is 0 Å². The van der Waals surface area contributed by atoms with Gasteiger partial charge in [0.15, 0.2) is 0 Å². The number of nitrogens with two attached hydrogens (primary N) is 1. The summed E-state index contributed by atoms with van der Waals surface area (Å²) >= 11 is 0. The molecule has 96 valence electrons. The summed E-state index contributed by atoms with van der Waals surface area (Å²) < 4.78 is 0. The van der Waals surface area contributed by atoms with Crippen LogP contribution in [0.25, 0.3) is 10.9 Å². The molecule has 0 radical (unpaired) electrons. The van der Waals surface area contributed by atoms with Crippen molar-refractivity contribution in [3.05, 3.63) is 35.5 Å². The summed E-state index contributed by atoms with van der Waals surface area (Å²) in [5, 5.41) is 1.20. The highest BCUT2D eigenvalue weighted by Crippen LogP contribution is 2.30. The molecule has 0 fully saturated rings. The van der Waals surface area contributed by atoms with Crippen LogP contribution in [0.5, 0.6) is 0 Å². The number of benzene rings is 1. The molecule has 0 atom stereocenters. The van der Waals surface area contributed by atoms with Crippen LogP contribution in [0.15, 0.2) is 24.3 Å². The summed E-state index contributed by atoms with van der Waals surface area (Å²) in [4.78, 5) is 6.82. The molecular formula is C15H21N3. The summed E-state index contributed by atoms with van der Waals surface area (Å²) in [6.45, 7) is 4.87. The number of rotatable bonds is 3. The number of fused-ring (bicyclic) bond motifs is 1. The highest BCUT2D eigenvalue weighted by molar-refractivity contribution is 5.94. The lowest BCUT2D eigenvalue weighted by Crippen LogP contribution is -2.12. The van der Waals surface area contributed by atoms with E-state index in [0.717, 1.165) is 11.2 Å². The van der Waals surface area contributed by atoms with Crippen LogP contribution in [-0.4, -0.2) is 19.1 Å². The zero-order chi connectivity index (χ0) is 13.3. The Balaban J connectivity index is 2.81. The Morgan fingerprint density at radius 1 is 1.28 bits per heavy atom. The molecule has 1 aromatic carbocycles. The normalized spacial score (nSPS) is 11.2. The van der Waals surface area contributed by atoms with Gasteiger partial charge in [-0.3, -0.25) is 4.98 Å². The molecule has 0 saturated carbocycles. The maximum atomic E-state index is 5.76. The van der Waals surface area contributed by atoms with Crippen LogP contribution in [0.2, 0.25) is 0 Å². The first-order valence-electron chi connectivity index (χ1n) is 6.34. The Bertz CT molecular complexity index is 559. The molecule has 3 heteroatoms. The van der Waals surface area contributed by atoms with Gasteiger partial charge in [-0.1, -0.05) is 32.0 Å². The molecule has 0 unspecified atom stereocenters. The van der Waals surface area contributed by atoms with Gasteiger partial charge in [-0.15, -0.1) is 0 Å². The van der Waals surface area contributed by atoms with Crippen LogP contribution < -0.4 is 10.6 Å². The number of pyridine rings is 1. The van der Waals surface area contributed by atoms with Crippen molar-refractivity contribution in [1.82, 2.24) is 4.98 Å². The quantitative estimate of drug-likeness (QED) is 0.901. The van der Waals surface area contributed by atoms with E-state index in [1.165, 1.54) is 16.6 Å². The SMILES string of the molecule is CC(C)c1cccc2c(N(C)C)cc(CN)nc12. The first-order chi connectivity index (χ1) is 8.54. The van der Waals surface area contributed by atoms with Gasteiger partial charge in [-0.25, -0.2) is 0 Å². The predicted molar refractivity (Wildman–Crippen MR) is 78.1 cm³/mol. The number of nitrogens with zero attached hydrogens (tertiary/aromatic N) is 2. The van der Waals surface area contributed by atoms with E-state index in [0.29, 0.717) is 12.5 Å². The summed E-state index contributed by atoms with van der Waals surface area (Å²) in [5.74, 6) is 0.462. The summed E-state index contributed by atoms with van der Waals surface area (Å²) in [5.41, 5.74) is 10.2. The Morgan fingerprint density at radius 3 is 2.56 bits per heavy atom. The molecule has 0 aliphatic carbocycles. The number of hydrogen-bond acceptors (Lipinski definition) is 3. The van der Waals surface area contributed by atoms with Gasteiger partial charge in [-0.05, 0) is 17.5 Å². The first-order valence-corrected chi connectivity index (χ1v) is 6.34. The molecular weight excluding hydrogens is 222 g/mol. The van der Waals surface area contributed by atoms with Crippen molar-refractivity contribution in [2.45, 2.75) is 26.3 Å². The van der Waals surface area contributed by atoms with Gasteiger partial charge in [0.1, 0.15) is 0 Å². The van der Waals surface area contributed by atoms with Gasteiger partial charge < -0.3 is 10.6 Å². The molecule has 2 N–H and O–H groups in total. The second kappa shape index (κ2) is 4.94. The number of para-hydroxylation sites is 1. The number of anilines is 1. The Hall–Kier alpha value is -1.61. The minimum Gasteiger partial charge on any atom is -0.377 e. The largest absolute Gasteiger partial charge is 0.377 e. The monoisotopic (exact) mass is 243 g/mol. The van der Waals surface area contributed by atoms with E-state index in [-0.39, 0.29) is 0 Å². The third kappa shape index (κ3) is 2.18. The predicted octanol–water partition coefficient (Wildman–Crippen LogP) is 2.88. The fourth-order valence-electron chi connectivity index (χ4n) is 2.24.